The second-order valence-corrected chi connectivity index (χ2v) is 8.03. The monoisotopic (exact) mass is 446 g/mol. The zero-order valence-corrected chi connectivity index (χ0v) is 21.0. The molecule has 0 atom stereocenters. The van der Waals surface area contributed by atoms with Crippen LogP contribution in [0.5, 0.6) is 0 Å². The van der Waals surface area contributed by atoms with Crippen LogP contribution in [-0.4, -0.2) is 0 Å². The third-order valence-electron chi connectivity index (χ3n) is 5.50. The highest BCUT2D eigenvalue weighted by Gasteiger charge is 1.98. The lowest BCUT2D eigenvalue weighted by Gasteiger charge is -2.04. The molecule has 0 nitrogen and oxygen atoms in total. The average molecular weight is 447 g/mol. The van der Waals surface area contributed by atoms with Crippen molar-refractivity contribution in [1.29, 1.82) is 0 Å². The molecule has 0 radical (unpaired) electrons. The topological polar surface area (TPSA) is 0 Å². The Bertz CT molecular complexity index is 1080. The predicted octanol–water partition coefficient (Wildman–Crippen LogP) is 10.1. The van der Waals surface area contributed by atoms with Crippen molar-refractivity contribution in [2.24, 2.45) is 0 Å². The minimum atomic E-state index is 0.898. The van der Waals surface area contributed by atoms with Crippen molar-refractivity contribution in [2.75, 3.05) is 0 Å². The van der Waals surface area contributed by atoms with Gasteiger partial charge < -0.3 is 0 Å². The molecule has 0 fully saturated rings. The van der Waals surface area contributed by atoms with E-state index in [0.717, 1.165) is 30.4 Å². The predicted molar refractivity (Wildman–Crippen MR) is 153 cm³/mol. The van der Waals surface area contributed by atoms with Crippen LogP contribution in [0.1, 0.15) is 51.2 Å². The molecule has 0 aliphatic carbocycles. The summed E-state index contributed by atoms with van der Waals surface area (Å²) in [5, 5.41) is 0. The van der Waals surface area contributed by atoms with Gasteiger partial charge in [-0.2, -0.15) is 0 Å². The molecule has 0 spiro atoms. The van der Waals surface area contributed by atoms with Gasteiger partial charge in [-0.1, -0.05) is 134 Å². The van der Waals surface area contributed by atoms with Gasteiger partial charge >= 0.3 is 0 Å². The summed E-state index contributed by atoms with van der Waals surface area (Å²) in [6.07, 6.45) is 26.8. The highest BCUT2D eigenvalue weighted by Crippen LogP contribution is 2.20. The maximum absolute atomic E-state index is 4.20. The molecule has 174 valence electrons. The molecule has 0 aromatic heterocycles. The highest BCUT2D eigenvalue weighted by atomic mass is 14.0. The summed E-state index contributed by atoms with van der Waals surface area (Å²) < 4.78 is 0. The van der Waals surface area contributed by atoms with Crippen LogP contribution >= 0.6 is 0 Å². The van der Waals surface area contributed by atoms with E-state index < -0.39 is 0 Å². The molecule has 0 heterocycles. The van der Waals surface area contributed by atoms with Gasteiger partial charge in [0, 0.05) is 0 Å². The SMILES string of the molecule is C=C(/C=C\C(=C/C)C/C=C(\C=C/C)CC=C/C=C(\C/C=C\C)c1ccccc1)c1ccccc1. The molecule has 2 aromatic rings. The molecule has 0 aliphatic rings. The number of allylic oxidation sites excluding steroid dienone is 15. The maximum atomic E-state index is 4.20. The molecule has 0 bridgehead atoms. The van der Waals surface area contributed by atoms with E-state index in [1.165, 1.54) is 22.3 Å². The highest BCUT2D eigenvalue weighted by molar-refractivity contribution is 5.72. The first kappa shape index (κ1) is 26.6. The lowest BCUT2D eigenvalue weighted by molar-refractivity contribution is 1.19. The lowest BCUT2D eigenvalue weighted by Crippen LogP contribution is -1.83. The molecule has 0 heteroatoms. The van der Waals surface area contributed by atoms with Gasteiger partial charge in [-0.05, 0) is 73.5 Å². The Hall–Kier alpha value is -3.64. The summed E-state index contributed by atoms with van der Waals surface area (Å²) in [5.41, 5.74) is 7.38. The molecule has 2 aromatic carbocycles. The summed E-state index contributed by atoms with van der Waals surface area (Å²) in [5.74, 6) is 0. The van der Waals surface area contributed by atoms with Crippen LogP contribution in [0.25, 0.3) is 11.1 Å². The van der Waals surface area contributed by atoms with Crippen LogP contribution in [-0.2, 0) is 0 Å². The molecular weight excluding hydrogens is 408 g/mol. The van der Waals surface area contributed by atoms with Gasteiger partial charge in [0.05, 0.1) is 0 Å². The van der Waals surface area contributed by atoms with Crippen molar-refractivity contribution < 1.29 is 0 Å². The van der Waals surface area contributed by atoms with E-state index in [-0.39, 0.29) is 0 Å². The fourth-order valence-corrected chi connectivity index (χ4v) is 3.49. The van der Waals surface area contributed by atoms with Crippen LogP contribution in [0.15, 0.2) is 145 Å². The number of hydrogen-bond donors (Lipinski definition) is 0. The molecule has 0 saturated heterocycles. The molecule has 0 aliphatic heterocycles. The summed E-state index contributed by atoms with van der Waals surface area (Å²) in [4.78, 5) is 0. The normalized spacial score (nSPS) is 13.7. The molecule has 2 rings (SSSR count). The molecule has 0 saturated carbocycles. The quantitative estimate of drug-likeness (QED) is 0.225. The van der Waals surface area contributed by atoms with Crippen LogP contribution in [0.3, 0.4) is 0 Å². The Morgan fingerprint density at radius 3 is 1.97 bits per heavy atom. The van der Waals surface area contributed by atoms with Crippen LogP contribution in [0.2, 0.25) is 0 Å². The first-order valence-electron chi connectivity index (χ1n) is 12.1. The van der Waals surface area contributed by atoms with E-state index in [4.69, 9.17) is 0 Å². The number of hydrogen-bond acceptors (Lipinski definition) is 0. The molecule has 0 unspecified atom stereocenters. The van der Waals surface area contributed by atoms with Gasteiger partial charge in [-0.15, -0.1) is 0 Å². The number of benzene rings is 2. The maximum Gasteiger partial charge on any atom is -0.00916 e. The van der Waals surface area contributed by atoms with Gasteiger partial charge in [0.15, 0.2) is 0 Å². The van der Waals surface area contributed by atoms with E-state index in [2.05, 4.69) is 137 Å². The standard InChI is InChI=1S/C34H38/c1-5-8-19-33(34-22-13-10-14-23-34)24-16-15-18-31(17-6-2)28-27-30(7-3)26-25-29(4)32-20-11-9-12-21-32/h5-17,20-26,28H,4,18-19,27H2,1-3H3/b8-5-,16-15?,17-6-,26-25-,30-7+,31-28+,33-24+. The van der Waals surface area contributed by atoms with Crippen LogP contribution < -0.4 is 0 Å². The first-order chi connectivity index (χ1) is 16.7. The smallest absolute Gasteiger partial charge is 0.00916 e. The van der Waals surface area contributed by atoms with Crippen molar-refractivity contribution >= 4 is 11.1 Å². The Labute approximate surface area is 207 Å². The van der Waals surface area contributed by atoms with E-state index >= 15 is 0 Å². The summed E-state index contributed by atoms with van der Waals surface area (Å²) in [6.45, 7) is 10.4. The van der Waals surface area contributed by atoms with E-state index in [9.17, 15) is 0 Å². The zero-order valence-electron chi connectivity index (χ0n) is 21.0. The first-order valence-corrected chi connectivity index (χ1v) is 12.1. The third kappa shape index (κ3) is 9.88. The van der Waals surface area contributed by atoms with Gasteiger partial charge in [0.1, 0.15) is 0 Å². The van der Waals surface area contributed by atoms with Gasteiger partial charge in [-0.3, -0.25) is 0 Å². The summed E-state index contributed by atoms with van der Waals surface area (Å²) in [6, 6.07) is 20.9. The van der Waals surface area contributed by atoms with Gasteiger partial charge in [-0.25, -0.2) is 0 Å². The Morgan fingerprint density at radius 2 is 1.35 bits per heavy atom. The fraction of sp³-hybridized carbons (Fsp3) is 0.176. The van der Waals surface area contributed by atoms with Crippen molar-refractivity contribution in [3.63, 3.8) is 0 Å². The van der Waals surface area contributed by atoms with Crippen molar-refractivity contribution in [2.45, 2.75) is 40.0 Å². The Morgan fingerprint density at radius 1 is 0.676 bits per heavy atom. The number of rotatable bonds is 12. The summed E-state index contributed by atoms with van der Waals surface area (Å²) >= 11 is 0. The largest absolute Gasteiger partial charge is 0.0913 e. The Kier molecular flexibility index (Phi) is 12.6. The Balaban J connectivity index is 2.04. The molecule has 34 heavy (non-hydrogen) atoms. The fourth-order valence-electron chi connectivity index (χ4n) is 3.49. The third-order valence-corrected chi connectivity index (χ3v) is 5.50. The minimum absolute atomic E-state index is 0.898. The second-order valence-electron chi connectivity index (χ2n) is 8.03. The van der Waals surface area contributed by atoms with Crippen LogP contribution in [0.4, 0.5) is 0 Å². The molecule has 0 amide bonds. The molecule has 0 N–H and O–H groups in total. The second kappa shape index (κ2) is 16.0. The molecular formula is C34H38. The zero-order chi connectivity index (χ0) is 24.4. The minimum Gasteiger partial charge on any atom is -0.0913 e. The van der Waals surface area contributed by atoms with Crippen molar-refractivity contribution in [3.05, 3.63) is 156 Å². The lowest BCUT2D eigenvalue weighted by atomic mass is 10.0. The van der Waals surface area contributed by atoms with Crippen LogP contribution in [0, 0.1) is 0 Å². The van der Waals surface area contributed by atoms with Gasteiger partial charge in [0.2, 0.25) is 0 Å². The average Bonchev–Trinajstić information content (AvgIpc) is 2.89. The van der Waals surface area contributed by atoms with Crippen molar-refractivity contribution in [1.82, 2.24) is 0 Å². The van der Waals surface area contributed by atoms with Gasteiger partial charge in [0.25, 0.3) is 0 Å². The van der Waals surface area contributed by atoms with E-state index in [1.807, 2.05) is 18.2 Å². The van der Waals surface area contributed by atoms with E-state index in [1.54, 1.807) is 0 Å². The summed E-state index contributed by atoms with van der Waals surface area (Å²) in [7, 11) is 0. The van der Waals surface area contributed by atoms with Crippen molar-refractivity contribution in [3.8, 4) is 0 Å². The van der Waals surface area contributed by atoms with E-state index in [0.29, 0.717) is 0 Å².